The van der Waals surface area contributed by atoms with Crippen molar-refractivity contribution < 1.29 is 19.1 Å². The quantitative estimate of drug-likeness (QED) is 0.434. The van der Waals surface area contributed by atoms with E-state index in [0.29, 0.717) is 22.8 Å². The normalized spacial score (nSPS) is 20.3. The molecule has 2 unspecified atom stereocenters. The van der Waals surface area contributed by atoms with Crippen molar-refractivity contribution >= 4 is 34.9 Å². The average molecular weight is 552 g/mol. The molecular formula is C29H33N3O4S2. The molecule has 0 saturated carbocycles. The highest BCUT2D eigenvalue weighted by molar-refractivity contribution is 7.99. The second kappa shape index (κ2) is 12.2. The van der Waals surface area contributed by atoms with Crippen molar-refractivity contribution in [2.45, 2.75) is 36.8 Å². The van der Waals surface area contributed by atoms with E-state index in [1.807, 2.05) is 23.6 Å². The Balaban J connectivity index is 1.28. The van der Waals surface area contributed by atoms with E-state index in [1.165, 1.54) is 5.56 Å². The number of hydrogen-bond donors (Lipinski definition) is 1. The van der Waals surface area contributed by atoms with Crippen LogP contribution >= 0.6 is 23.1 Å². The van der Waals surface area contributed by atoms with Gasteiger partial charge in [-0.25, -0.2) is 0 Å². The van der Waals surface area contributed by atoms with E-state index in [2.05, 4.69) is 34.5 Å². The van der Waals surface area contributed by atoms with Gasteiger partial charge in [-0.1, -0.05) is 36.4 Å². The van der Waals surface area contributed by atoms with E-state index >= 15 is 0 Å². The lowest BCUT2D eigenvalue weighted by Crippen LogP contribution is -2.52. The Kier molecular flexibility index (Phi) is 8.56. The number of amides is 2. The summed E-state index contributed by atoms with van der Waals surface area (Å²) in [6.45, 7) is 2.80. The third-order valence-corrected chi connectivity index (χ3v) is 9.52. The van der Waals surface area contributed by atoms with Gasteiger partial charge < -0.3 is 19.7 Å². The molecule has 2 amide bonds. The molecule has 3 heterocycles. The van der Waals surface area contributed by atoms with E-state index in [9.17, 15) is 9.59 Å². The van der Waals surface area contributed by atoms with E-state index in [-0.39, 0.29) is 23.2 Å². The summed E-state index contributed by atoms with van der Waals surface area (Å²) < 4.78 is 10.8. The second-order valence-corrected chi connectivity index (χ2v) is 11.6. The predicted octanol–water partition coefficient (Wildman–Crippen LogP) is 4.80. The molecule has 0 radical (unpaired) electrons. The minimum Gasteiger partial charge on any atom is -0.493 e. The maximum Gasteiger partial charge on any atom is 0.255 e. The minimum atomic E-state index is -0.546. The third kappa shape index (κ3) is 5.85. The smallest absolute Gasteiger partial charge is 0.255 e. The van der Waals surface area contributed by atoms with Crippen LogP contribution in [0.15, 0.2) is 66.0 Å². The molecule has 9 heteroatoms. The third-order valence-electron chi connectivity index (χ3n) is 7.14. The summed E-state index contributed by atoms with van der Waals surface area (Å²) in [5.41, 5.74) is 1.78. The highest BCUT2D eigenvalue weighted by atomic mass is 32.2. The number of likely N-dealkylation sites (tertiary alicyclic amines) is 1. The zero-order valence-corrected chi connectivity index (χ0v) is 23.3. The van der Waals surface area contributed by atoms with Gasteiger partial charge in [0, 0.05) is 41.9 Å². The summed E-state index contributed by atoms with van der Waals surface area (Å²) in [7, 11) is 3.11. The first kappa shape index (κ1) is 26.6. The number of carbonyl (C=O) groups excluding carboxylic acids is 2. The van der Waals surface area contributed by atoms with Crippen molar-refractivity contribution in [3.05, 3.63) is 82.0 Å². The molecule has 0 aliphatic carbocycles. The summed E-state index contributed by atoms with van der Waals surface area (Å²) in [5.74, 6) is 1.34. The number of rotatable bonds is 8. The molecule has 7 nitrogen and oxygen atoms in total. The van der Waals surface area contributed by atoms with Gasteiger partial charge in [0.1, 0.15) is 11.4 Å². The van der Waals surface area contributed by atoms with E-state index < -0.39 is 6.04 Å². The van der Waals surface area contributed by atoms with E-state index in [0.717, 1.165) is 37.4 Å². The van der Waals surface area contributed by atoms with Crippen molar-refractivity contribution in [2.75, 3.05) is 33.1 Å². The van der Waals surface area contributed by atoms with Crippen LogP contribution in [0.25, 0.3) is 0 Å². The van der Waals surface area contributed by atoms with Crippen molar-refractivity contribution in [2.24, 2.45) is 0 Å². The Hall–Kier alpha value is -3.01. The van der Waals surface area contributed by atoms with Crippen LogP contribution in [0, 0.1) is 0 Å². The number of carbonyl (C=O) groups is 2. The molecular weight excluding hydrogens is 518 g/mol. The zero-order valence-electron chi connectivity index (χ0n) is 21.7. The SMILES string of the molecule is COc1ccc(C(=O)N2C(C(=O)NC3CCN(Cc4ccccc4)CC3)CSC2c2cccs2)cc1OC. The van der Waals surface area contributed by atoms with Crippen LogP contribution in [0.3, 0.4) is 0 Å². The van der Waals surface area contributed by atoms with Crippen LogP contribution in [0.4, 0.5) is 0 Å². The lowest BCUT2D eigenvalue weighted by Gasteiger charge is -2.34. The summed E-state index contributed by atoms with van der Waals surface area (Å²) in [6.07, 6.45) is 1.80. The number of thioether (sulfide) groups is 1. The Labute approximate surface area is 232 Å². The van der Waals surface area contributed by atoms with Gasteiger partial charge in [0.25, 0.3) is 5.91 Å². The van der Waals surface area contributed by atoms with Gasteiger partial charge in [0.05, 0.1) is 14.2 Å². The Bertz CT molecular complexity index is 1230. The Morgan fingerprint density at radius 1 is 0.974 bits per heavy atom. The van der Waals surface area contributed by atoms with Gasteiger partial charge >= 0.3 is 0 Å². The summed E-state index contributed by atoms with van der Waals surface area (Å²) in [5, 5.41) is 5.07. The maximum absolute atomic E-state index is 13.9. The first-order chi connectivity index (χ1) is 18.6. The van der Waals surface area contributed by atoms with Crippen molar-refractivity contribution in [3.8, 4) is 11.5 Å². The molecule has 2 aliphatic rings. The van der Waals surface area contributed by atoms with Gasteiger partial charge in [-0.15, -0.1) is 23.1 Å². The lowest BCUT2D eigenvalue weighted by atomic mass is 10.0. The van der Waals surface area contributed by atoms with Gasteiger partial charge in [-0.3, -0.25) is 14.5 Å². The molecule has 2 saturated heterocycles. The molecule has 5 rings (SSSR count). The van der Waals surface area contributed by atoms with Gasteiger partial charge in [0.15, 0.2) is 11.5 Å². The fourth-order valence-corrected chi connectivity index (χ4v) is 7.49. The van der Waals surface area contributed by atoms with Gasteiger partial charge in [-0.05, 0) is 48.1 Å². The van der Waals surface area contributed by atoms with Gasteiger partial charge in [-0.2, -0.15) is 0 Å². The molecule has 200 valence electrons. The molecule has 2 aliphatic heterocycles. The molecule has 1 N–H and O–H groups in total. The maximum atomic E-state index is 13.9. The molecule has 2 aromatic carbocycles. The fourth-order valence-electron chi connectivity index (χ4n) is 5.10. The Morgan fingerprint density at radius 2 is 1.74 bits per heavy atom. The summed E-state index contributed by atoms with van der Waals surface area (Å²) in [4.78, 5) is 32.7. The van der Waals surface area contributed by atoms with E-state index in [4.69, 9.17) is 9.47 Å². The lowest BCUT2D eigenvalue weighted by molar-refractivity contribution is -0.125. The molecule has 38 heavy (non-hydrogen) atoms. The van der Waals surface area contributed by atoms with Crippen LogP contribution in [0.5, 0.6) is 11.5 Å². The second-order valence-electron chi connectivity index (χ2n) is 9.54. The van der Waals surface area contributed by atoms with Crippen LogP contribution in [-0.2, 0) is 11.3 Å². The number of ether oxygens (including phenoxy) is 2. The molecule has 2 fully saturated rings. The molecule has 2 atom stereocenters. The highest BCUT2D eigenvalue weighted by Gasteiger charge is 2.43. The van der Waals surface area contributed by atoms with Crippen molar-refractivity contribution in [1.29, 1.82) is 0 Å². The van der Waals surface area contributed by atoms with Gasteiger partial charge in [0.2, 0.25) is 5.91 Å². The topological polar surface area (TPSA) is 71.1 Å². The summed E-state index contributed by atoms with van der Waals surface area (Å²) >= 11 is 3.24. The minimum absolute atomic E-state index is 0.0770. The number of methoxy groups -OCH3 is 2. The number of piperidine rings is 1. The number of nitrogens with one attached hydrogen (secondary N) is 1. The van der Waals surface area contributed by atoms with Crippen molar-refractivity contribution in [3.63, 3.8) is 0 Å². The number of hydrogen-bond acceptors (Lipinski definition) is 7. The molecule has 0 bridgehead atoms. The number of thiophene rings is 1. The largest absolute Gasteiger partial charge is 0.493 e. The van der Waals surface area contributed by atoms with Crippen molar-refractivity contribution in [1.82, 2.24) is 15.1 Å². The fraction of sp³-hybridized carbons (Fsp3) is 0.379. The average Bonchev–Trinajstić information content (AvgIpc) is 3.64. The van der Waals surface area contributed by atoms with Crippen LogP contribution < -0.4 is 14.8 Å². The zero-order chi connectivity index (χ0) is 26.5. The van der Waals surface area contributed by atoms with E-state index in [1.54, 1.807) is 60.4 Å². The van der Waals surface area contributed by atoms with Crippen LogP contribution in [0.1, 0.15) is 39.0 Å². The summed E-state index contributed by atoms with van der Waals surface area (Å²) in [6, 6.07) is 19.2. The number of benzene rings is 2. The number of nitrogens with zero attached hydrogens (tertiary/aromatic N) is 2. The monoisotopic (exact) mass is 551 g/mol. The molecule has 0 spiro atoms. The predicted molar refractivity (Wildman–Crippen MR) is 152 cm³/mol. The molecule has 1 aromatic heterocycles. The molecule has 3 aromatic rings. The van der Waals surface area contributed by atoms with Crippen LogP contribution in [0.2, 0.25) is 0 Å². The first-order valence-corrected chi connectivity index (χ1v) is 14.8. The van der Waals surface area contributed by atoms with Crippen LogP contribution in [-0.4, -0.2) is 66.8 Å². The first-order valence-electron chi connectivity index (χ1n) is 12.8. The standard InChI is InChI=1S/C29H33N3O4S2/c1-35-24-11-10-21(17-25(24)36-2)28(34)32-23(19-38-29(32)26-9-6-16-37-26)27(33)30-22-12-14-31(15-13-22)18-20-7-4-3-5-8-20/h3-11,16-17,22-23,29H,12-15,18-19H2,1-2H3,(H,30,33). The highest BCUT2D eigenvalue weighted by Crippen LogP contribution is 2.44. The Morgan fingerprint density at radius 3 is 2.42 bits per heavy atom.